The van der Waals surface area contributed by atoms with Gasteiger partial charge in [-0.2, -0.15) is 4.98 Å². The average molecular weight is 331 g/mol. The summed E-state index contributed by atoms with van der Waals surface area (Å²) in [6.07, 6.45) is 0.628. The molecular weight excluding hydrogens is 310 g/mol. The number of aromatic nitrogens is 2. The zero-order valence-corrected chi connectivity index (χ0v) is 13.7. The Morgan fingerprint density at radius 2 is 2.12 bits per heavy atom. The van der Waals surface area contributed by atoms with Crippen LogP contribution in [0.5, 0.6) is 0 Å². The van der Waals surface area contributed by atoms with Crippen molar-refractivity contribution in [1.82, 2.24) is 15.0 Å². The summed E-state index contributed by atoms with van der Waals surface area (Å²) in [7, 11) is 1.64. The van der Waals surface area contributed by atoms with Crippen LogP contribution < -0.4 is 0 Å². The lowest BCUT2D eigenvalue weighted by Gasteiger charge is -2.36. The van der Waals surface area contributed by atoms with Crippen LogP contribution in [0.1, 0.15) is 23.2 Å². The highest BCUT2D eigenvalue weighted by Crippen LogP contribution is 2.25. The van der Waals surface area contributed by atoms with Gasteiger partial charge in [-0.25, -0.2) is 0 Å². The Labute approximate surface area is 140 Å². The number of ether oxygens (including phenoxy) is 2. The van der Waals surface area contributed by atoms with Crippen LogP contribution in [0.3, 0.4) is 0 Å². The normalized spacial score (nSPS) is 14.6. The third kappa shape index (κ3) is 4.18. The van der Waals surface area contributed by atoms with Crippen LogP contribution in [0.2, 0.25) is 0 Å². The second kappa shape index (κ2) is 8.03. The molecule has 0 saturated carbocycles. The van der Waals surface area contributed by atoms with Gasteiger partial charge in [-0.05, 0) is 5.56 Å². The Morgan fingerprint density at radius 3 is 2.88 bits per heavy atom. The SMILES string of the molecule is COCCc1noc(C2CN(C(=O)COCc3ccccc3)C2)n1. The van der Waals surface area contributed by atoms with E-state index in [9.17, 15) is 4.79 Å². The zero-order chi connectivity index (χ0) is 16.8. The van der Waals surface area contributed by atoms with Gasteiger partial charge in [-0.15, -0.1) is 0 Å². The van der Waals surface area contributed by atoms with E-state index in [1.165, 1.54) is 0 Å². The van der Waals surface area contributed by atoms with Crippen molar-refractivity contribution < 1.29 is 18.8 Å². The Kier molecular flexibility index (Phi) is 5.55. The standard InChI is InChI=1S/C17H21N3O4/c1-22-8-7-15-18-17(24-19-15)14-9-20(10-14)16(21)12-23-11-13-5-3-2-4-6-13/h2-6,14H,7-12H2,1H3. The van der Waals surface area contributed by atoms with E-state index >= 15 is 0 Å². The van der Waals surface area contributed by atoms with Gasteiger partial charge in [0.1, 0.15) is 6.61 Å². The van der Waals surface area contributed by atoms with Gasteiger partial charge in [0.2, 0.25) is 11.8 Å². The summed E-state index contributed by atoms with van der Waals surface area (Å²) in [6.45, 7) is 2.28. The van der Waals surface area contributed by atoms with Crippen LogP contribution in [0, 0.1) is 0 Å². The minimum Gasteiger partial charge on any atom is -0.384 e. The number of hydrogen-bond acceptors (Lipinski definition) is 6. The molecule has 1 aromatic carbocycles. The highest BCUT2D eigenvalue weighted by Gasteiger charge is 2.35. The number of hydrogen-bond donors (Lipinski definition) is 0. The topological polar surface area (TPSA) is 77.7 Å². The smallest absolute Gasteiger partial charge is 0.248 e. The van der Waals surface area contributed by atoms with Gasteiger partial charge in [0.25, 0.3) is 0 Å². The van der Waals surface area contributed by atoms with Crippen molar-refractivity contribution in [3.8, 4) is 0 Å². The van der Waals surface area contributed by atoms with Crippen molar-refractivity contribution >= 4 is 5.91 Å². The number of nitrogens with zero attached hydrogens (tertiary/aromatic N) is 3. The molecule has 1 aliphatic heterocycles. The second-order valence-electron chi connectivity index (χ2n) is 5.77. The molecule has 0 unspecified atom stereocenters. The number of likely N-dealkylation sites (tertiary alicyclic amines) is 1. The summed E-state index contributed by atoms with van der Waals surface area (Å²) < 4.78 is 15.7. The Balaban J connectivity index is 1.38. The van der Waals surface area contributed by atoms with Crippen molar-refractivity contribution in [2.45, 2.75) is 18.9 Å². The molecule has 0 atom stereocenters. The van der Waals surface area contributed by atoms with Crippen molar-refractivity contribution in [2.24, 2.45) is 0 Å². The fraction of sp³-hybridized carbons (Fsp3) is 0.471. The fourth-order valence-electron chi connectivity index (χ4n) is 2.49. The van der Waals surface area contributed by atoms with Crippen LogP contribution in [-0.4, -0.2) is 54.4 Å². The van der Waals surface area contributed by atoms with E-state index in [0.29, 0.717) is 44.4 Å². The van der Waals surface area contributed by atoms with E-state index in [-0.39, 0.29) is 18.4 Å². The lowest BCUT2D eigenvalue weighted by atomic mass is 10.0. The molecule has 7 heteroatoms. The van der Waals surface area contributed by atoms with E-state index in [1.54, 1.807) is 12.0 Å². The lowest BCUT2D eigenvalue weighted by Crippen LogP contribution is -2.49. The molecule has 0 aliphatic carbocycles. The number of methoxy groups -OCH3 is 1. The van der Waals surface area contributed by atoms with E-state index < -0.39 is 0 Å². The molecule has 24 heavy (non-hydrogen) atoms. The molecule has 1 aromatic heterocycles. The Morgan fingerprint density at radius 1 is 1.33 bits per heavy atom. The zero-order valence-electron chi connectivity index (χ0n) is 13.7. The number of rotatable bonds is 8. The molecule has 0 N–H and O–H groups in total. The van der Waals surface area contributed by atoms with Crippen LogP contribution in [0.25, 0.3) is 0 Å². The van der Waals surface area contributed by atoms with E-state index in [2.05, 4.69) is 10.1 Å². The van der Waals surface area contributed by atoms with Crippen LogP contribution in [0.15, 0.2) is 34.9 Å². The third-order valence-corrected chi connectivity index (χ3v) is 3.93. The molecule has 1 amide bonds. The van der Waals surface area contributed by atoms with Crippen molar-refractivity contribution in [3.05, 3.63) is 47.6 Å². The first-order valence-corrected chi connectivity index (χ1v) is 7.97. The first-order chi connectivity index (χ1) is 11.8. The highest BCUT2D eigenvalue weighted by atomic mass is 16.5. The van der Waals surface area contributed by atoms with Gasteiger partial charge < -0.3 is 18.9 Å². The van der Waals surface area contributed by atoms with Gasteiger partial charge in [0, 0.05) is 26.6 Å². The highest BCUT2D eigenvalue weighted by molar-refractivity contribution is 5.78. The molecule has 2 aromatic rings. The lowest BCUT2D eigenvalue weighted by molar-refractivity contribution is -0.141. The molecule has 0 spiro atoms. The van der Waals surface area contributed by atoms with Gasteiger partial charge in [0.05, 0.1) is 19.1 Å². The summed E-state index contributed by atoms with van der Waals surface area (Å²) in [6, 6.07) is 9.80. The van der Waals surface area contributed by atoms with Crippen LogP contribution in [0.4, 0.5) is 0 Å². The molecule has 7 nitrogen and oxygen atoms in total. The van der Waals surface area contributed by atoms with E-state index in [1.807, 2.05) is 30.3 Å². The van der Waals surface area contributed by atoms with Crippen molar-refractivity contribution in [3.63, 3.8) is 0 Å². The third-order valence-electron chi connectivity index (χ3n) is 3.93. The molecule has 2 heterocycles. The summed E-state index contributed by atoms with van der Waals surface area (Å²) in [5, 5.41) is 3.92. The molecule has 0 radical (unpaired) electrons. The maximum Gasteiger partial charge on any atom is 0.248 e. The largest absolute Gasteiger partial charge is 0.384 e. The molecular formula is C17H21N3O4. The fourth-order valence-corrected chi connectivity index (χ4v) is 2.49. The monoisotopic (exact) mass is 331 g/mol. The van der Waals surface area contributed by atoms with Crippen LogP contribution in [-0.2, 0) is 27.3 Å². The van der Waals surface area contributed by atoms with E-state index in [4.69, 9.17) is 14.0 Å². The number of benzene rings is 1. The maximum absolute atomic E-state index is 12.1. The maximum atomic E-state index is 12.1. The first-order valence-electron chi connectivity index (χ1n) is 7.97. The van der Waals surface area contributed by atoms with Crippen LogP contribution >= 0.6 is 0 Å². The quantitative estimate of drug-likeness (QED) is 0.728. The minimum atomic E-state index is -0.0127. The van der Waals surface area contributed by atoms with E-state index in [0.717, 1.165) is 5.56 Å². The number of carbonyl (C=O) groups is 1. The summed E-state index contributed by atoms with van der Waals surface area (Å²) in [5.41, 5.74) is 1.06. The molecule has 1 aliphatic rings. The first kappa shape index (κ1) is 16.6. The number of carbonyl (C=O) groups excluding carboxylic acids is 1. The van der Waals surface area contributed by atoms with Gasteiger partial charge in [-0.3, -0.25) is 4.79 Å². The molecule has 128 valence electrons. The summed E-state index contributed by atoms with van der Waals surface area (Å²) in [4.78, 5) is 18.1. The van der Waals surface area contributed by atoms with Gasteiger partial charge in [0.15, 0.2) is 5.82 Å². The molecule has 3 rings (SSSR count). The van der Waals surface area contributed by atoms with Crippen molar-refractivity contribution in [2.75, 3.05) is 33.4 Å². The van der Waals surface area contributed by atoms with Gasteiger partial charge >= 0.3 is 0 Å². The minimum absolute atomic E-state index is 0.0127. The Bertz CT molecular complexity index is 653. The van der Waals surface area contributed by atoms with Gasteiger partial charge in [-0.1, -0.05) is 35.5 Å². The second-order valence-corrected chi connectivity index (χ2v) is 5.77. The molecule has 1 saturated heterocycles. The predicted octanol–water partition coefficient (Wildman–Crippen LogP) is 1.40. The number of amides is 1. The summed E-state index contributed by atoms with van der Waals surface area (Å²) in [5.74, 6) is 1.34. The average Bonchev–Trinajstić information content (AvgIpc) is 3.01. The molecule has 0 bridgehead atoms. The van der Waals surface area contributed by atoms with Crippen molar-refractivity contribution in [1.29, 1.82) is 0 Å². The molecule has 1 fully saturated rings. The Hall–Kier alpha value is -2.25. The predicted molar refractivity (Wildman–Crippen MR) is 85.3 cm³/mol. The summed E-state index contributed by atoms with van der Waals surface area (Å²) >= 11 is 0.